The van der Waals surface area contributed by atoms with Crippen molar-refractivity contribution in [2.75, 3.05) is 12.4 Å². The van der Waals surface area contributed by atoms with Crippen LogP contribution >= 0.6 is 11.3 Å². The fraction of sp³-hybridized carbons (Fsp3) is 0.167. The van der Waals surface area contributed by atoms with Crippen LogP contribution in [-0.4, -0.2) is 24.0 Å². The van der Waals surface area contributed by atoms with Crippen molar-refractivity contribution in [3.05, 3.63) is 58.2 Å². The molecule has 1 N–H and O–H groups in total. The van der Waals surface area contributed by atoms with Crippen LogP contribution in [0.3, 0.4) is 0 Å². The van der Waals surface area contributed by atoms with E-state index < -0.39 is 17.6 Å². The van der Waals surface area contributed by atoms with E-state index in [-0.39, 0.29) is 36.0 Å². The molecule has 3 rings (SSSR count). The fourth-order valence-corrected chi connectivity index (χ4v) is 3.13. The molecule has 0 bridgehead atoms. The maximum Gasteiger partial charge on any atom is 0.350 e. The maximum atomic E-state index is 13.8. The van der Waals surface area contributed by atoms with Gasteiger partial charge in [0.2, 0.25) is 5.91 Å². The summed E-state index contributed by atoms with van der Waals surface area (Å²) in [7, 11) is 1.26. The second-order valence-electron chi connectivity index (χ2n) is 5.42. The van der Waals surface area contributed by atoms with Crippen molar-refractivity contribution < 1.29 is 27.5 Å². The highest BCUT2D eigenvalue weighted by Crippen LogP contribution is 2.27. The van der Waals surface area contributed by atoms with E-state index in [1.165, 1.54) is 19.4 Å². The summed E-state index contributed by atoms with van der Waals surface area (Å²) in [5, 5.41) is 4.27. The first kappa shape index (κ1) is 18.7. The molecule has 3 aromatic rings. The van der Waals surface area contributed by atoms with Gasteiger partial charge >= 0.3 is 5.97 Å². The molecule has 6 nitrogen and oxygen atoms in total. The molecule has 1 amide bonds. The zero-order valence-corrected chi connectivity index (χ0v) is 14.9. The van der Waals surface area contributed by atoms with Gasteiger partial charge in [-0.15, -0.1) is 11.3 Å². The Balaban J connectivity index is 1.63. The average Bonchev–Trinajstić information content (AvgIpc) is 3.29. The highest BCUT2D eigenvalue weighted by atomic mass is 32.1. The number of rotatable bonds is 6. The molecule has 0 saturated carbocycles. The van der Waals surface area contributed by atoms with Gasteiger partial charge in [0.25, 0.3) is 0 Å². The Bertz CT molecular complexity index is 963. The number of esters is 1. The Hall–Kier alpha value is -3.07. The number of aryl methyl sites for hydroxylation is 1. The van der Waals surface area contributed by atoms with E-state index in [0.717, 1.165) is 23.5 Å². The van der Waals surface area contributed by atoms with Crippen LogP contribution in [0.25, 0.3) is 11.3 Å². The van der Waals surface area contributed by atoms with Crippen LogP contribution in [0.2, 0.25) is 0 Å². The maximum absolute atomic E-state index is 13.8. The minimum absolute atomic E-state index is 0.0101. The summed E-state index contributed by atoms with van der Waals surface area (Å²) in [5.41, 5.74) is 0.0556. The Morgan fingerprint density at radius 1 is 1.26 bits per heavy atom. The summed E-state index contributed by atoms with van der Waals surface area (Å²) in [4.78, 5) is 27.9. The molecule has 9 heteroatoms. The molecule has 0 aliphatic heterocycles. The molecule has 140 valence electrons. The van der Waals surface area contributed by atoms with Crippen LogP contribution in [0.1, 0.15) is 22.0 Å². The predicted molar refractivity (Wildman–Crippen MR) is 94.5 cm³/mol. The molecular formula is C18H14F2N2O4S. The van der Waals surface area contributed by atoms with Gasteiger partial charge in [0.1, 0.15) is 16.5 Å². The van der Waals surface area contributed by atoms with E-state index in [1.807, 2.05) is 0 Å². The van der Waals surface area contributed by atoms with Crippen LogP contribution in [-0.2, 0) is 16.0 Å². The molecule has 0 aliphatic carbocycles. The minimum Gasteiger partial charge on any atom is -0.465 e. The summed E-state index contributed by atoms with van der Waals surface area (Å²) >= 11 is 1.15. The second-order valence-corrected chi connectivity index (χ2v) is 6.33. The number of nitrogens with one attached hydrogen (secondary N) is 1. The first-order valence-corrected chi connectivity index (χ1v) is 8.72. The van der Waals surface area contributed by atoms with Gasteiger partial charge in [-0.05, 0) is 23.6 Å². The normalized spacial score (nSPS) is 10.6. The van der Waals surface area contributed by atoms with Gasteiger partial charge in [0, 0.05) is 12.8 Å². The van der Waals surface area contributed by atoms with E-state index in [9.17, 15) is 18.4 Å². The lowest BCUT2D eigenvalue weighted by atomic mass is 10.1. The number of carbonyl (C=O) groups is 2. The number of hydrogen-bond donors (Lipinski definition) is 1. The minimum atomic E-state index is -0.761. The van der Waals surface area contributed by atoms with Gasteiger partial charge in [-0.1, -0.05) is 6.07 Å². The van der Waals surface area contributed by atoms with Crippen molar-refractivity contribution in [1.82, 2.24) is 4.98 Å². The van der Waals surface area contributed by atoms with E-state index >= 15 is 0 Å². The molecule has 0 spiro atoms. The summed E-state index contributed by atoms with van der Waals surface area (Å²) < 4.78 is 37.5. The molecule has 0 saturated heterocycles. The molecule has 2 heterocycles. The summed E-state index contributed by atoms with van der Waals surface area (Å²) in [5.74, 6) is -2.31. The number of oxazole rings is 1. The van der Waals surface area contributed by atoms with E-state index in [4.69, 9.17) is 4.42 Å². The number of methoxy groups -OCH3 is 1. The largest absolute Gasteiger partial charge is 0.465 e. The molecule has 0 fully saturated rings. The topological polar surface area (TPSA) is 81.4 Å². The Morgan fingerprint density at radius 2 is 2.00 bits per heavy atom. The zero-order valence-electron chi connectivity index (χ0n) is 14.1. The number of ether oxygens (including phenoxy) is 1. The average molecular weight is 392 g/mol. The quantitative estimate of drug-likeness (QED) is 0.641. The van der Waals surface area contributed by atoms with Gasteiger partial charge < -0.3 is 14.5 Å². The highest BCUT2D eigenvalue weighted by molar-refractivity contribution is 7.12. The van der Waals surface area contributed by atoms with Crippen molar-refractivity contribution in [2.45, 2.75) is 12.8 Å². The van der Waals surface area contributed by atoms with Crippen LogP contribution in [0.5, 0.6) is 0 Å². The Kier molecular flexibility index (Phi) is 5.60. The third kappa shape index (κ3) is 4.20. The lowest BCUT2D eigenvalue weighted by molar-refractivity contribution is -0.116. The van der Waals surface area contributed by atoms with Gasteiger partial charge in [0.05, 0.1) is 24.6 Å². The van der Waals surface area contributed by atoms with Gasteiger partial charge in [0.15, 0.2) is 11.7 Å². The third-order valence-electron chi connectivity index (χ3n) is 3.64. The molecule has 1 aromatic carbocycles. The van der Waals surface area contributed by atoms with Crippen molar-refractivity contribution in [3.63, 3.8) is 0 Å². The van der Waals surface area contributed by atoms with Crippen molar-refractivity contribution in [2.24, 2.45) is 0 Å². The zero-order chi connectivity index (χ0) is 19.4. The third-order valence-corrected chi connectivity index (χ3v) is 4.53. The lowest BCUT2D eigenvalue weighted by Crippen LogP contribution is -2.14. The molecule has 0 atom stereocenters. The van der Waals surface area contributed by atoms with Crippen LogP contribution in [0.4, 0.5) is 14.5 Å². The van der Waals surface area contributed by atoms with Crippen molar-refractivity contribution >= 4 is 28.9 Å². The number of anilines is 1. The van der Waals surface area contributed by atoms with E-state index in [1.54, 1.807) is 11.4 Å². The summed E-state index contributed by atoms with van der Waals surface area (Å²) in [6, 6.07) is 5.09. The summed E-state index contributed by atoms with van der Waals surface area (Å²) in [6.45, 7) is 0. The van der Waals surface area contributed by atoms with Crippen LogP contribution in [0, 0.1) is 11.6 Å². The molecule has 0 radical (unpaired) electrons. The lowest BCUT2D eigenvalue weighted by Gasteiger charge is -2.04. The van der Waals surface area contributed by atoms with E-state index in [0.29, 0.717) is 10.6 Å². The van der Waals surface area contributed by atoms with Crippen LogP contribution < -0.4 is 5.32 Å². The number of benzene rings is 1. The number of hydrogen-bond acceptors (Lipinski definition) is 6. The number of nitrogens with zero attached hydrogens (tertiary/aromatic N) is 1. The van der Waals surface area contributed by atoms with Gasteiger partial charge in [-0.3, -0.25) is 4.79 Å². The summed E-state index contributed by atoms with van der Waals surface area (Å²) in [6.07, 6.45) is 1.35. The van der Waals surface area contributed by atoms with Crippen LogP contribution in [0.15, 0.2) is 40.3 Å². The SMILES string of the molecule is COC(=O)c1sccc1NC(=O)CCc1ncc(-c2c(F)cccc2F)o1. The van der Waals surface area contributed by atoms with Gasteiger partial charge in [-0.2, -0.15) is 0 Å². The molecule has 0 aliphatic rings. The molecular weight excluding hydrogens is 378 g/mol. The van der Waals surface area contributed by atoms with Crippen molar-refractivity contribution in [1.29, 1.82) is 0 Å². The number of amides is 1. The predicted octanol–water partition coefficient (Wildman–Crippen LogP) is 4.04. The first-order valence-electron chi connectivity index (χ1n) is 7.84. The Labute approximate surface area is 156 Å². The number of carbonyl (C=O) groups excluding carboxylic acids is 2. The monoisotopic (exact) mass is 392 g/mol. The first-order chi connectivity index (χ1) is 13.0. The standard InChI is InChI=1S/C18H14F2N2O4S/c1-25-18(24)17-12(7-8-27-17)22-14(23)5-6-15-21-9-13(26-15)16-10(19)3-2-4-11(16)20/h2-4,7-9H,5-6H2,1H3,(H,22,23). The fourth-order valence-electron chi connectivity index (χ4n) is 2.37. The number of aromatic nitrogens is 1. The van der Waals surface area contributed by atoms with Crippen molar-refractivity contribution in [3.8, 4) is 11.3 Å². The Morgan fingerprint density at radius 3 is 2.70 bits per heavy atom. The number of halogens is 2. The highest BCUT2D eigenvalue weighted by Gasteiger charge is 2.18. The molecule has 2 aromatic heterocycles. The second kappa shape index (κ2) is 8.09. The molecule has 27 heavy (non-hydrogen) atoms. The van der Waals surface area contributed by atoms with E-state index in [2.05, 4.69) is 15.0 Å². The molecule has 0 unspecified atom stereocenters. The number of thiophene rings is 1. The smallest absolute Gasteiger partial charge is 0.350 e. The van der Waals surface area contributed by atoms with Gasteiger partial charge in [-0.25, -0.2) is 18.6 Å².